The third kappa shape index (κ3) is 3.62. The Kier molecular flexibility index (Phi) is 4.49. The summed E-state index contributed by atoms with van der Waals surface area (Å²) in [6.07, 6.45) is 3.25. The minimum Gasteiger partial charge on any atom is -0.424 e. The fourth-order valence-electron chi connectivity index (χ4n) is 2.82. The predicted octanol–water partition coefficient (Wildman–Crippen LogP) is 3.38. The molecule has 27 heavy (non-hydrogen) atoms. The number of amides is 3. The van der Waals surface area contributed by atoms with Gasteiger partial charge in [0.05, 0.1) is 18.1 Å². The Morgan fingerprint density at radius 2 is 1.63 bits per heavy atom. The molecule has 0 bridgehead atoms. The van der Waals surface area contributed by atoms with Crippen molar-refractivity contribution in [2.75, 3.05) is 11.4 Å². The lowest BCUT2D eigenvalue weighted by molar-refractivity contribution is -0.120. The van der Waals surface area contributed by atoms with Crippen molar-refractivity contribution >= 4 is 17.6 Å². The molecular formula is C20H16N4O3. The summed E-state index contributed by atoms with van der Waals surface area (Å²) in [5, 5.41) is 2.27. The molecule has 1 N–H and O–H groups in total. The molecule has 2 heterocycles. The fourth-order valence-corrected chi connectivity index (χ4v) is 2.82. The van der Waals surface area contributed by atoms with Crippen LogP contribution in [-0.4, -0.2) is 28.5 Å². The van der Waals surface area contributed by atoms with Gasteiger partial charge in [-0.2, -0.15) is 0 Å². The van der Waals surface area contributed by atoms with Crippen molar-refractivity contribution in [2.24, 2.45) is 0 Å². The number of aromatic nitrogens is 2. The van der Waals surface area contributed by atoms with Crippen LogP contribution in [0.2, 0.25) is 0 Å². The van der Waals surface area contributed by atoms with Crippen molar-refractivity contribution in [1.29, 1.82) is 0 Å². The second-order valence-electron chi connectivity index (χ2n) is 5.94. The van der Waals surface area contributed by atoms with Gasteiger partial charge in [-0.1, -0.05) is 48.5 Å². The summed E-state index contributed by atoms with van der Waals surface area (Å²) in [4.78, 5) is 33.0. The Hall–Kier alpha value is -3.74. The van der Waals surface area contributed by atoms with Crippen molar-refractivity contribution in [3.63, 3.8) is 0 Å². The molecule has 1 aromatic heterocycles. The van der Waals surface area contributed by atoms with Crippen LogP contribution in [0.4, 0.5) is 10.5 Å². The summed E-state index contributed by atoms with van der Waals surface area (Å²) in [5.41, 5.74) is 2.46. The molecule has 7 heteroatoms. The second kappa shape index (κ2) is 7.25. The van der Waals surface area contributed by atoms with Gasteiger partial charge < -0.3 is 4.74 Å². The third-order valence-corrected chi connectivity index (χ3v) is 4.15. The molecule has 0 saturated carbocycles. The van der Waals surface area contributed by atoms with Gasteiger partial charge in [0.25, 0.3) is 0 Å². The molecule has 3 aromatic rings. The largest absolute Gasteiger partial charge is 0.424 e. The minimum atomic E-state index is -0.474. The van der Waals surface area contributed by atoms with Gasteiger partial charge in [0, 0.05) is 18.5 Å². The van der Waals surface area contributed by atoms with E-state index in [-0.39, 0.29) is 18.3 Å². The quantitative estimate of drug-likeness (QED) is 0.771. The van der Waals surface area contributed by atoms with Crippen LogP contribution in [0.25, 0.3) is 11.1 Å². The third-order valence-electron chi connectivity index (χ3n) is 4.15. The van der Waals surface area contributed by atoms with Gasteiger partial charge in [0.2, 0.25) is 5.91 Å². The highest BCUT2D eigenvalue weighted by atomic mass is 16.5. The fraction of sp³-hybridized carbons (Fsp3) is 0.100. The number of imide groups is 1. The normalized spacial score (nSPS) is 14.0. The Morgan fingerprint density at radius 3 is 2.37 bits per heavy atom. The van der Waals surface area contributed by atoms with E-state index in [1.54, 1.807) is 0 Å². The number of nitrogens with one attached hydrogen (secondary N) is 1. The number of carbonyl (C=O) groups excluding carboxylic acids is 2. The molecule has 134 valence electrons. The van der Waals surface area contributed by atoms with Crippen molar-refractivity contribution in [3.05, 3.63) is 67.0 Å². The van der Waals surface area contributed by atoms with Gasteiger partial charge >= 0.3 is 12.0 Å². The van der Waals surface area contributed by atoms with E-state index in [9.17, 15) is 9.59 Å². The Balaban J connectivity index is 1.55. The lowest BCUT2D eigenvalue weighted by atomic mass is 10.1. The summed E-state index contributed by atoms with van der Waals surface area (Å²) in [5.74, 6) is 0.354. The lowest BCUT2D eigenvalue weighted by Gasteiger charge is -2.25. The summed E-state index contributed by atoms with van der Waals surface area (Å²) in [6, 6.07) is 17.2. The number of ether oxygens (including phenoxy) is 1. The Labute approximate surface area is 155 Å². The number of urea groups is 1. The van der Waals surface area contributed by atoms with Crippen LogP contribution in [-0.2, 0) is 4.79 Å². The molecule has 0 radical (unpaired) electrons. The van der Waals surface area contributed by atoms with E-state index < -0.39 is 6.03 Å². The van der Waals surface area contributed by atoms with E-state index in [1.807, 2.05) is 54.6 Å². The highest BCUT2D eigenvalue weighted by molar-refractivity contribution is 6.05. The first kappa shape index (κ1) is 16.7. The maximum absolute atomic E-state index is 11.9. The van der Waals surface area contributed by atoms with E-state index >= 15 is 0 Å². The van der Waals surface area contributed by atoms with Crippen LogP contribution in [0.3, 0.4) is 0 Å². The van der Waals surface area contributed by atoms with Gasteiger partial charge in [-0.05, 0) is 11.6 Å². The summed E-state index contributed by atoms with van der Waals surface area (Å²) < 4.78 is 5.85. The van der Waals surface area contributed by atoms with E-state index in [0.29, 0.717) is 18.0 Å². The molecule has 0 aliphatic carbocycles. The first-order valence-corrected chi connectivity index (χ1v) is 8.46. The highest BCUT2D eigenvalue weighted by Crippen LogP contribution is 2.32. The zero-order valence-electron chi connectivity index (χ0n) is 14.3. The Bertz CT molecular complexity index is 974. The van der Waals surface area contributed by atoms with Crippen LogP contribution >= 0.6 is 0 Å². The van der Waals surface area contributed by atoms with Crippen molar-refractivity contribution in [3.8, 4) is 22.9 Å². The molecule has 4 rings (SSSR count). The average Bonchev–Trinajstić information content (AvgIpc) is 2.70. The van der Waals surface area contributed by atoms with Crippen molar-refractivity contribution in [1.82, 2.24) is 15.3 Å². The number of benzene rings is 2. The maximum atomic E-state index is 11.9. The number of nitrogens with zero attached hydrogens (tertiary/aromatic N) is 3. The SMILES string of the molecule is O=C1CCN(c2cnc(Oc3ccccc3-c3ccccc3)nc2)C(=O)N1. The average molecular weight is 360 g/mol. The zero-order chi connectivity index (χ0) is 18.6. The van der Waals surface area contributed by atoms with Crippen LogP contribution in [0.5, 0.6) is 11.8 Å². The van der Waals surface area contributed by atoms with Crippen molar-refractivity contribution in [2.45, 2.75) is 6.42 Å². The number of anilines is 1. The number of hydrogen-bond acceptors (Lipinski definition) is 5. The predicted molar refractivity (Wildman–Crippen MR) is 99.5 cm³/mol. The van der Waals surface area contributed by atoms with Crippen LogP contribution in [0.1, 0.15) is 6.42 Å². The number of hydrogen-bond donors (Lipinski definition) is 1. The summed E-state index contributed by atoms with van der Waals surface area (Å²) in [7, 11) is 0. The van der Waals surface area contributed by atoms with E-state index in [1.165, 1.54) is 17.3 Å². The molecule has 0 unspecified atom stereocenters. The molecular weight excluding hydrogens is 344 g/mol. The smallest absolute Gasteiger partial charge is 0.328 e. The topological polar surface area (TPSA) is 84.4 Å². The van der Waals surface area contributed by atoms with Gasteiger partial charge in [0.1, 0.15) is 5.75 Å². The van der Waals surface area contributed by atoms with Gasteiger partial charge in [-0.15, -0.1) is 0 Å². The first-order valence-electron chi connectivity index (χ1n) is 8.46. The van der Waals surface area contributed by atoms with E-state index in [0.717, 1.165) is 11.1 Å². The second-order valence-corrected chi connectivity index (χ2v) is 5.94. The van der Waals surface area contributed by atoms with Gasteiger partial charge in [0.15, 0.2) is 0 Å². The van der Waals surface area contributed by atoms with Gasteiger partial charge in [-0.25, -0.2) is 14.8 Å². The number of carbonyl (C=O) groups is 2. The number of para-hydroxylation sites is 1. The number of rotatable bonds is 4. The molecule has 1 saturated heterocycles. The first-order chi connectivity index (χ1) is 13.2. The van der Waals surface area contributed by atoms with Crippen LogP contribution in [0.15, 0.2) is 67.0 Å². The van der Waals surface area contributed by atoms with Crippen LogP contribution < -0.4 is 15.0 Å². The minimum absolute atomic E-state index is 0.177. The lowest BCUT2D eigenvalue weighted by Crippen LogP contribution is -2.49. The van der Waals surface area contributed by atoms with Crippen molar-refractivity contribution < 1.29 is 14.3 Å². The molecule has 3 amide bonds. The Morgan fingerprint density at radius 1 is 0.926 bits per heavy atom. The molecule has 7 nitrogen and oxygen atoms in total. The summed E-state index contributed by atoms with van der Waals surface area (Å²) >= 11 is 0. The molecule has 0 atom stereocenters. The molecule has 1 aliphatic heterocycles. The highest BCUT2D eigenvalue weighted by Gasteiger charge is 2.24. The molecule has 1 fully saturated rings. The van der Waals surface area contributed by atoms with Crippen LogP contribution in [0, 0.1) is 0 Å². The molecule has 2 aromatic carbocycles. The van der Waals surface area contributed by atoms with Gasteiger partial charge in [-0.3, -0.25) is 15.0 Å². The standard InChI is InChI=1S/C20H16N4O3/c25-18-10-11-24(20(26)23-18)15-12-21-19(22-13-15)27-17-9-5-4-8-16(17)14-6-2-1-3-7-14/h1-9,12-13H,10-11H2,(H,23,25,26). The molecule has 0 spiro atoms. The summed E-state index contributed by atoms with van der Waals surface area (Å²) in [6.45, 7) is 0.297. The van der Waals surface area contributed by atoms with E-state index in [4.69, 9.17) is 4.74 Å². The monoisotopic (exact) mass is 360 g/mol. The maximum Gasteiger partial charge on any atom is 0.328 e. The van der Waals surface area contributed by atoms with E-state index in [2.05, 4.69) is 15.3 Å². The molecule has 1 aliphatic rings. The zero-order valence-corrected chi connectivity index (χ0v) is 14.3.